The van der Waals surface area contributed by atoms with Gasteiger partial charge in [0.05, 0.1) is 6.10 Å². The highest BCUT2D eigenvalue weighted by Crippen LogP contribution is 2.08. The lowest BCUT2D eigenvalue weighted by atomic mass is 10.2. The summed E-state index contributed by atoms with van der Waals surface area (Å²) >= 11 is 0. The molecule has 0 fully saturated rings. The number of aliphatic hydroxyl groups excluding tert-OH is 2. The molecule has 0 rings (SSSR count). The lowest BCUT2D eigenvalue weighted by Crippen LogP contribution is -2.32. The molecule has 2 unspecified atom stereocenters. The summed E-state index contributed by atoms with van der Waals surface area (Å²) in [5, 5.41) is 15.9. The minimum Gasteiger partial charge on any atom is -0.396 e. The summed E-state index contributed by atoms with van der Waals surface area (Å²) in [7, 11) is -4.24. The topological polar surface area (TPSA) is 94.8 Å². The van der Waals surface area contributed by atoms with Crippen LogP contribution in [-0.2, 0) is 10.1 Å². The third-order valence-corrected chi connectivity index (χ3v) is 2.73. The van der Waals surface area contributed by atoms with Gasteiger partial charge in [-0.2, -0.15) is 8.42 Å². The molecule has 0 saturated heterocycles. The minimum absolute atomic E-state index is 0.156. The van der Waals surface area contributed by atoms with Crippen molar-refractivity contribution in [2.45, 2.75) is 24.7 Å². The molecular weight excluding hydrogens is 172 g/mol. The Hall–Kier alpha value is -0.170. The van der Waals surface area contributed by atoms with Gasteiger partial charge < -0.3 is 10.2 Å². The van der Waals surface area contributed by atoms with Crippen molar-refractivity contribution < 1.29 is 23.2 Å². The first-order valence-electron chi connectivity index (χ1n) is 3.14. The van der Waals surface area contributed by atoms with Gasteiger partial charge in [0.2, 0.25) is 0 Å². The van der Waals surface area contributed by atoms with Gasteiger partial charge in [-0.3, -0.25) is 4.55 Å². The highest BCUT2D eigenvalue weighted by molar-refractivity contribution is 7.86. The Bertz CT molecular complexity index is 195. The van der Waals surface area contributed by atoms with Crippen LogP contribution in [0.4, 0.5) is 0 Å². The monoisotopic (exact) mass is 184 g/mol. The molecule has 0 amide bonds. The SMILES string of the molecule is CC(O)C(CCO)S(=O)(=O)O. The number of rotatable bonds is 4. The fourth-order valence-corrected chi connectivity index (χ4v) is 1.67. The Morgan fingerprint density at radius 3 is 2.00 bits per heavy atom. The summed E-state index contributed by atoms with van der Waals surface area (Å²) in [6, 6.07) is 0. The normalized spacial score (nSPS) is 17.8. The Kier molecular flexibility index (Phi) is 3.95. The molecule has 0 aromatic rings. The van der Waals surface area contributed by atoms with Crippen molar-refractivity contribution in [3.63, 3.8) is 0 Å². The van der Waals surface area contributed by atoms with Crippen LogP contribution in [0.5, 0.6) is 0 Å². The maximum Gasteiger partial charge on any atom is 0.270 e. The molecule has 11 heavy (non-hydrogen) atoms. The number of hydrogen-bond donors (Lipinski definition) is 3. The average Bonchev–Trinajstić information content (AvgIpc) is 1.79. The van der Waals surface area contributed by atoms with E-state index >= 15 is 0 Å². The fraction of sp³-hybridized carbons (Fsp3) is 1.00. The molecule has 0 aromatic heterocycles. The molecule has 68 valence electrons. The van der Waals surface area contributed by atoms with Crippen molar-refractivity contribution in [2.75, 3.05) is 6.61 Å². The zero-order valence-electron chi connectivity index (χ0n) is 6.14. The van der Waals surface area contributed by atoms with Crippen LogP contribution in [-0.4, -0.2) is 41.1 Å². The minimum atomic E-state index is -4.24. The molecule has 0 saturated carbocycles. The van der Waals surface area contributed by atoms with E-state index in [0.717, 1.165) is 0 Å². The van der Waals surface area contributed by atoms with E-state index in [1.54, 1.807) is 0 Å². The van der Waals surface area contributed by atoms with Gasteiger partial charge in [0.1, 0.15) is 5.25 Å². The molecule has 3 N–H and O–H groups in total. The van der Waals surface area contributed by atoms with Crippen molar-refractivity contribution >= 4 is 10.1 Å². The van der Waals surface area contributed by atoms with E-state index in [1.165, 1.54) is 6.92 Å². The van der Waals surface area contributed by atoms with Crippen LogP contribution < -0.4 is 0 Å². The molecule has 0 heterocycles. The smallest absolute Gasteiger partial charge is 0.270 e. The fourth-order valence-electron chi connectivity index (χ4n) is 0.766. The Balaban J connectivity index is 4.36. The third-order valence-electron chi connectivity index (χ3n) is 1.33. The van der Waals surface area contributed by atoms with Gasteiger partial charge in [-0.25, -0.2) is 0 Å². The largest absolute Gasteiger partial charge is 0.396 e. The van der Waals surface area contributed by atoms with Gasteiger partial charge in [-0.15, -0.1) is 0 Å². The lowest BCUT2D eigenvalue weighted by Gasteiger charge is -2.14. The van der Waals surface area contributed by atoms with Crippen molar-refractivity contribution in [1.82, 2.24) is 0 Å². The molecule has 0 aromatic carbocycles. The van der Waals surface area contributed by atoms with Crippen molar-refractivity contribution in [3.05, 3.63) is 0 Å². The van der Waals surface area contributed by atoms with E-state index in [1.807, 2.05) is 0 Å². The van der Waals surface area contributed by atoms with Gasteiger partial charge in [0, 0.05) is 6.61 Å². The van der Waals surface area contributed by atoms with E-state index in [4.69, 9.17) is 14.8 Å². The highest BCUT2D eigenvalue weighted by atomic mass is 32.2. The van der Waals surface area contributed by atoms with E-state index in [2.05, 4.69) is 0 Å². The van der Waals surface area contributed by atoms with Crippen molar-refractivity contribution in [1.29, 1.82) is 0 Å². The van der Waals surface area contributed by atoms with Crippen LogP contribution in [0, 0.1) is 0 Å². The first-order valence-corrected chi connectivity index (χ1v) is 4.65. The van der Waals surface area contributed by atoms with E-state index in [0.29, 0.717) is 0 Å². The van der Waals surface area contributed by atoms with Crippen molar-refractivity contribution in [2.24, 2.45) is 0 Å². The Morgan fingerprint density at radius 1 is 1.45 bits per heavy atom. The quantitative estimate of drug-likeness (QED) is 0.487. The zero-order valence-corrected chi connectivity index (χ0v) is 6.95. The Morgan fingerprint density at radius 2 is 1.91 bits per heavy atom. The first kappa shape index (κ1) is 10.8. The van der Waals surface area contributed by atoms with E-state index in [9.17, 15) is 8.42 Å². The second kappa shape index (κ2) is 4.01. The molecule has 0 spiro atoms. The van der Waals surface area contributed by atoms with Crippen LogP contribution in [0.2, 0.25) is 0 Å². The van der Waals surface area contributed by atoms with Crippen LogP contribution in [0.3, 0.4) is 0 Å². The van der Waals surface area contributed by atoms with Crippen LogP contribution in [0.1, 0.15) is 13.3 Å². The highest BCUT2D eigenvalue weighted by Gasteiger charge is 2.26. The predicted molar refractivity (Wildman–Crippen MR) is 38.7 cm³/mol. The zero-order chi connectivity index (χ0) is 9.07. The van der Waals surface area contributed by atoms with Gasteiger partial charge in [0.15, 0.2) is 0 Å². The summed E-state index contributed by atoms with van der Waals surface area (Å²) in [5.74, 6) is 0. The molecule has 5 nitrogen and oxygen atoms in total. The summed E-state index contributed by atoms with van der Waals surface area (Å²) in [6.45, 7) is 0.865. The molecule has 0 aliphatic heterocycles. The number of aliphatic hydroxyl groups is 2. The molecular formula is C5H12O5S. The first-order chi connectivity index (χ1) is 4.89. The molecule has 0 bridgehead atoms. The summed E-state index contributed by atoms with van der Waals surface area (Å²) < 4.78 is 29.4. The maximum absolute atomic E-state index is 10.4. The van der Waals surface area contributed by atoms with Crippen molar-refractivity contribution in [3.8, 4) is 0 Å². The van der Waals surface area contributed by atoms with Gasteiger partial charge >= 0.3 is 0 Å². The van der Waals surface area contributed by atoms with Gasteiger partial charge in [0.25, 0.3) is 10.1 Å². The standard InChI is InChI=1S/C5H12O5S/c1-4(7)5(2-3-6)11(8,9)10/h4-7H,2-3H2,1H3,(H,8,9,10). The second-order valence-electron chi connectivity index (χ2n) is 2.31. The third kappa shape index (κ3) is 3.66. The van der Waals surface area contributed by atoms with Gasteiger partial charge in [-0.05, 0) is 13.3 Å². The predicted octanol–water partition coefficient (Wildman–Crippen LogP) is -0.994. The molecule has 6 heteroatoms. The average molecular weight is 184 g/mol. The van der Waals surface area contributed by atoms with Crippen LogP contribution >= 0.6 is 0 Å². The maximum atomic E-state index is 10.4. The lowest BCUT2D eigenvalue weighted by molar-refractivity contribution is 0.165. The van der Waals surface area contributed by atoms with E-state index < -0.39 is 21.5 Å². The summed E-state index contributed by atoms with van der Waals surface area (Å²) in [6.07, 6.45) is -1.33. The second-order valence-corrected chi connectivity index (χ2v) is 3.94. The Labute approximate surface area is 65.4 Å². The molecule has 0 radical (unpaired) electrons. The summed E-state index contributed by atoms with van der Waals surface area (Å²) in [4.78, 5) is 0. The molecule has 2 atom stereocenters. The molecule has 0 aliphatic carbocycles. The number of hydrogen-bond acceptors (Lipinski definition) is 4. The van der Waals surface area contributed by atoms with Crippen LogP contribution in [0.15, 0.2) is 0 Å². The van der Waals surface area contributed by atoms with E-state index in [-0.39, 0.29) is 13.0 Å². The summed E-state index contributed by atoms with van der Waals surface area (Å²) in [5.41, 5.74) is 0. The van der Waals surface area contributed by atoms with Crippen LogP contribution in [0.25, 0.3) is 0 Å². The molecule has 0 aliphatic rings. The van der Waals surface area contributed by atoms with Gasteiger partial charge in [-0.1, -0.05) is 0 Å².